The number of rotatable bonds is 5. The zero-order chi connectivity index (χ0) is 10.6. The maximum Gasteiger partial charge on any atom is 0.223 e. The first-order valence-corrected chi connectivity index (χ1v) is 4.70. The Morgan fingerprint density at radius 1 is 1.46 bits per heavy atom. The van der Waals surface area contributed by atoms with Crippen LogP contribution in [0.2, 0.25) is 0 Å². The van der Waals surface area contributed by atoms with Gasteiger partial charge < -0.3 is 10.6 Å². The van der Waals surface area contributed by atoms with E-state index in [9.17, 15) is 4.79 Å². The number of nitrogens with zero attached hydrogens (tertiary/aromatic N) is 1. The Morgan fingerprint density at radius 2 is 1.92 bits per heavy atom. The first-order chi connectivity index (χ1) is 5.75. The van der Waals surface area contributed by atoms with Crippen molar-refractivity contribution in [1.82, 2.24) is 4.90 Å². The lowest BCUT2D eigenvalue weighted by molar-refractivity contribution is -0.126. The SMILES string of the molecule is CC(CN(C)C)CC(C)(C)C(N)=O. The van der Waals surface area contributed by atoms with Crippen LogP contribution in [-0.2, 0) is 4.79 Å². The summed E-state index contributed by atoms with van der Waals surface area (Å²) in [6.45, 7) is 6.95. The molecule has 0 saturated carbocycles. The van der Waals surface area contributed by atoms with Gasteiger partial charge in [-0.25, -0.2) is 0 Å². The third-order valence-electron chi connectivity index (χ3n) is 2.20. The standard InChI is InChI=1S/C10H22N2O/c1-8(7-12(4)5)6-10(2,3)9(11)13/h8H,6-7H2,1-5H3,(H2,11,13). The smallest absolute Gasteiger partial charge is 0.223 e. The predicted molar refractivity (Wildman–Crippen MR) is 55.3 cm³/mol. The second-order valence-electron chi connectivity index (χ2n) is 4.82. The fourth-order valence-corrected chi connectivity index (χ4v) is 1.66. The highest BCUT2D eigenvalue weighted by molar-refractivity contribution is 5.79. The van der Waals surface area contributed by atoms with Crippen molar-refractivity contribution in [3.63, 3.8) is 0 Å². The minimum Gasteiger partial charge on any atom is -0.369 e. The van der Waals surface area contributed by atoms with Gasteiger partial charge in [-0.15, -0.1) is 0 Å². The lowest BCUT2D eigenvalue weighted by atomic mass is 9.82. The van der Waals surface area contributed by atoms with Crippen LogP contribution in [0.1, 0.15) is 27.2 Å². The molecule has 0 rings (SSSR count). The van der Waals surface area contributed by atoms with Crippen LogP contribution in [0.3, 0.4) is 0 Å². The van der Waals surface area contributed by atoms with E-state index < -0.39 is 0 Å². The molecule has 0 aliphatic carbocycles. The molecule has 78 valence electrons. The Morgan fingerprint density at radius 3 is 2.23 bits per heavy atom. The van der Waals surface area contributed by atoms with Crippen molar-refractivity contribution in [3.05, 3.63) is 0 Å². The van der Waals surface area contributed by atoms with Crippen LogP contribution in [-0.4, -0.2) is 31.4 Å². The van der Waals surface area contributed by atoms with Gasteiger partial charge >= 0.3 is 0 Å². The third kappa shape index (κ3) is 4.88. The van der Waals surface area contributed by atoms with Gasteiger partial charge in [-0.05, 0) is 26.4 Å². The Bertz CT molecular complexity index is 176. The monoisotopic (exact) mass is 186 g/mol. The molecule has 0 aliphatic heterocycles. The number of amides is 1. The first kappa shape index (κ1) is 12.4. The molecule has 0 aliphatic rings. The van der Waals surface area contributed by atoms with Crippen molar-refractivity contribution < 1.29 is 4.79 Å². The molecule has 3 heteroatoms. The van der Waals surface area contributed by atoms with Gasteiger partial charge in [0, 0.05) is 12.0 Å². The predicted octanol–water partition coefficient (Wildman–Crippen LogP) is 1.09. The number of hydrogen-bond donors (Lipinski definition) is 1. The van der Waals surface area contributed by atoms with Crippen molar-refractivity contribution in [2.24, 2.45) is 17.1 Å². The number of carbonyl (C=O) groups is 1. The maximum atomic E-state index is 11.1. The van der Waals surface area contributed by atoms with Gasteiger partial charge in [0.2, 0.25) is 5.91 Å². The summed E-state index contributed by atoms with van der Waals surface area (Å²) in [6.07, 6.45) is 0.848. The average Bonchev–Trinajstić information content (AvgIpc) is 1.82. The summed E-state index contributed by atoms with van der Waals surface area (Å²) in [5.41, 5.74) is 4.92. The lowest BCUT2D eigenvalue weighted by Crippen LogP contribution is -2.34. The van der Waals surface area contributed by atoms with E-state index in [0.29, 0.717) is 5.92 Å². The van der Waals surface area contributed by atoms with E-state index in [1.165, 1.54) is 0 Å². The Labute approximate surface area is 81.3 Å². The highest BCUT2D eigenvalue weighted by Crippen LogP contribution is 2.24. The number of carbonyl (C=O) groups excluding carboxylic acids is 1. The quantitative estimate of drug-likeness (QED) is 0.698. The van der Waals surface area contributed by atoms with Crippen LogP contribution in [0.25, 0.3) is 0 Å². The van der Waals surface area contributed by atoms with Crippen molar-refractivity contribution in [3.8, 4) is 0 Å². The molecule has 1 amide bonds. The van der Waals surface area contributed by atoms with Crippen molar-refractivity contribution in [2.45, 2.75) is 27.2 Å². The number of hydrogen-bond acceptors (Lipinski definition) is 2. The highest BCUT2D eigenvalue weighted by atomic mass is 16.1. The summed E-state index contributed by atoms with van der Waals surface area (Å²) >= 11 is 0. The largest absolute Gasteiger partial charge is 0.369 e. The van der Waals surface area contributed by atoms with Crippen molar-refractivity contribution in [1.29, 1.82) is 0 Å². The molecule has 1 unspecified atom stereocenters. The van der Waals surface area contributed by atoms with Gasteiger partial charge in [-0.2, -0.15) is 0 Å². The molecule has 0 aromatic rings. The summed E-state index contributed by atoms with van der Waals surface area (Å²) in [7, 11) is 4.07. The molecule has 0 bridgehead atoms. The van der Waals surface area contributed by atoms with Gasteiger partial charge in [0.05, 0.1) is 0 Å². The van der Waals surface area contributed by atoms with Gasteiger partial charge in [0.1, 0.15) is 0 Å². The summed E-state index contributed by atoms with van der Waals surface area (Å²) in [4.78, 5) is 13.2. The number of nitrogens with two attached hydrogens (primary N) is 1. The third-order valence-corrected chi connectivity index (χ3v) is 2.20. The molecular weight excluding hydrogens is 164 g/mol. The average molecular weight is 186 g/mol. The van der Waals surface area contributed by atoms with Crippen LogP contribution in [0.5, 0.6) is 0 Å². The molecule has 1 atom stereocenters. The minimum atomic E-state index is -0.380. The zero-order valence-corrected chi connectivity index (χ0v) is 9.42. The topological polar surface area (TPSA) is 46.3 Å². The van der Waals surface area contributed by atoms with E-state index in [-0.39, 0.29) is 11.3 Å². The maximum absolute atomic E-state index is 11.1. The molecule has 0 spiro atoms. The summed E-state index contributed by atoms with van der Waals surface area (Å²) in [5.74, 6) is 0.288. The molecule has 13 heavy (non-hydrogen) atoms. The van der Waals surface area contributed by atoms with Crippen LogP contribution < -0.4 is 5.73 Å². The number of primary amides is 1. The molecule has 0 aromatic carbocycles. The Balaban J connectivity index is 4.04. The van der Waals surface area contributed by atoms with Crippen LogP contribution in [0.4, 0.5) is 0 Å². The van der Waals surface area contributed by atoms with Gasteiger partial charge in [0.15, 0.2) is 0 Å². The summed E-state index contributed by atoms with van der Waals surface area (Å²) < 4.78 is 0. The van der Waals surface area contributed by atoms with E-state index in [0.717, 1.165) is 13.0 Å². The molecule has 0 radical (unpaired) electrons. The first-order valence-electron chi connectivity index (χ1n) is 4.70. The van der Waals surface area contributed by atoms with E-state index in [1.807, 2.05) is 27.9 Å². The van der Waals surface area contributed by atoms with E-state index >= 15 is 0 Å². The molecule has 0 fully saturated rings. The fraction of sp³-hybridized carbons (Fsp3) is 0.900. The second-order valence-corrected chi connectivity index (χ2v) is 4.82. The van der Waals surface area contributed by atoms with E-state index in [2.05, 4.69) is 11.8 Å². The molecular formula is C10H22N2O. The van der Waals surface area contributed by atoms with E-state index in [4.69, 9.17) is 5.73 Å². The Hall–Kier alpha value is -0.570. The molecule has 0 heterocycles. The fourth-order valence-electron chi connectivity index (χ4n) is 1.66. The van der Waals surface area contributed by atoms with Gasteiger partial charge in [0.25, 0.3) is 0 Å². The van der Waals surface area contributed by atoms with Gasteiger partial charge in [-0.3, -0.25) is 4.79 Å². The minimum absolute atomic E-state index is 0.210. The van der Waals surface area contributed by atoms with Crippen LogP contribution >= 0.6 is 0 Å². The summed E-state index contributed by atoms with van der Waals surface area (Å²) in [6, 6.07) is 0. The van der Waals surface area contributed by atoms with Crippen molar-refractivity contribution >= 4 is 5.91 Å². The normalized spacial score (nSPS) is 14.6. The summed E-state index contributed by atoms with van der Waals surface area (Å²) in [5, 5.41) is 0. The van der Waals surface area contributed by atoms with Crippen molar-refractivity contribution in [2.75, 3.05) is 20.6 Å². The zero-order valence-electron chi connectivity index (χ0n) is 9.42. The molecule has 0 aromatic heterocycles. The van der Waals surface area contributed by atoms with Gasteiger partial charge in [-0.1, -0.05) is 20.8 Å². The second kappa shape index (κ2) is 4.61. The van der Waals surface area contributed by atoms with E-state index in [1.54, 1.807) is 0 Å². The van der Waals surface area contributed by atoms with Crippen LogP contribution in [0.15, 0.2) is 0 Å². The molecule has 0 saturated heterocycles. The lowest BCUT2D eigenvalue weighted by Gasteiger charge is -2.26. The Kier molecular flexibility index (Phi) is 4.40. The molecule has 3 nitrogen and oxygen atoms in total. The highest BCUT2D eigenvalue weighted by Gasteiger charge is 2.27. The molecule has 2 N–H and O–H groups in total. The van der Waals surface area contributed by atoms with Crippen LogP contribution in [0, 0.1) is 11.3 Å².